The maximum Gasteiger partial charge on any atom is 0.269 e. The molecule has 4 nitrogen and oxygen atoms in total. The number of nitro benzene ring substituents is 1. The first-order valence-corrected chi connectivity index (χ1v) is 10.1. The number of para-hydroxylation sites is 1. The number of fused-ring (bicyclic) bond motifs is 3. The molecule has 3 aromatic carbocycles. The van der Waals surface area contributed by atoms with E-state index in [0.29, 0.717) is 0 Å². The predicted molar refractivity (Wildman–Crippen MR) is 117 cm³/mol. The van der Waals surface area contributed by atoms with Crippen LogP contribution in [-0.2, 0) is 0 Å². The molecule has 0 amide bonds. The van der Waals surface area contributed by atoms with Crippen molar-refractivity contribution in [2.45, 2.75) is 10.1 Å². The van der Waals surface area contributed by atoms with E-state index in [1.807, 2.05) is 36.4 Å². The molecule has 3 aromatic rings. The van der Waals surface area contributed by atoms with Gasteiger partial charge in [-0.1, -0.05) is 60.7 Å². The van der Waals surface area contributed by atoms with Crippen LogP contribution in [0.25, 0.3) is 5.70 Å². The van der Waals surface area contributed by atoms with Gasteiger partial charge in [0.2, 0.25) is 0 Å². The van der Waals surface area contributed by atoms with Gasteiger partial charge in [0.25, 0.3) is 5.69 Å². The fourth-order valence-corrected chi connectivity index (χ4v) is 5.46. The minimum absolute atomic E-state index is 0.0492. The highest BCUT2D eigenvalue weighted by atomic mass is 32.2. The monoisotopic (exact) mass is 402 g/mol. The molecule has 136 valence electrons. The van der Waals surface area contributed by atoms with Gasteiger partial charge in [-0.2, -0.15) is 0 Å². The highest BCUT2D eigenvalue weighted by Crippen LogP contribution is 2.52. The number of nitro groups is 1. The van der Waals surface area contributed by atoms with Crippen LogP contribution >= 0.6 is 24.0 Å². The van der Waals surface area contributed by atoms with Crippen molar-refractivity contribution in [1.82, 2.24) is 0 Å². The molecule has 2 aliphatic rings. The molecule has 1 aliphatic carbocycles. The molecular formula is C22H14N2O2S2. The third-order valence-corrected chi connectivity index (χ3v) is 6.81. The molecule has 0 saturated heterocycles. The summed E-state index contributed by atoms with van der Waals surface area (Å²) in [5.74, 6) is 0. The summed E-state index contributed by atoms with van der Waals surface area (Å²) in [5, 5.41) is 14.6. The van der Waals surface area contributed by atoms with Gasteiger partial charge in [0.1, 0.15) is 0 Å². The van der Waals surface area contributed by atoms with Crippen molar-refractivity contribution in [3.63, 3.8) is 0 Å². The average molecular weight is 403 g/mol. The number of non-ortho nitro benzene ring substituents is 1. The summed E-state index contributed by atoms with van der Waals surface area (Å²) in [6, 6.07) is 23.1. The number of rotatable bonds is 2. The molecule has 1 N–H and O–H groups in total. The molecule has 5 rings (SSSR count). The van der Waals surface area contributed by atoms with Gasteiger partial charge in [-0.3, -0.25) is 10.1 Å². The Morgan fingerprint density at radius 1 is 0.929 bits per heavy atom. The highest BCUT2D eigenvalue weighted by Gasteiger charge is 2.35. The van der Waals surface area contributed by atoms with E-state index in [-0.39, 0.29) is 15.9 Å². The zero-order valence-corrected chi connectivity index (χ0v) is 16.2. The van der Waals surface area contributed by atoms with Crippen LogP contribution in [0.3, 0.4) is 0 Å². The number of hydrogen-bond acceptors (Lipinski definition) is 5. The fourth-order valence-electron chi connectivity index (χ4n) is 3.69. The van der Waals surface area contributed by atoms with Crippen molar-refractivity contribution in [3.05, 3.63) is 105 Å². The van der Waals surface area contributed by atoms with E-state index in [9.17, 15) is 10.1 Å². The van der Waals surface area contributed by atoms with E-state index in [4.69, 9.17) is 12.2 Å². The normalized spacial score (nSPS) is 17.3. The molecule has 0 unspecified atom stereocenters. The zero-order chi connectivity index (χ0) is 19.3. The van der Waals surface area contributed by atoms with E-state index in [0.717, 1.165) is 43.4 Å². The van der Waals surface area contributed by atoms with E-state index in [2.05, 4.69) is 29.6 Å². The van der Waals surface area contributed by atoms with Gasteiger partial charge in [-0.15, -0.1) is 11.8 Å². The van der Waals surface area contributed by atoms with Crippen molar-refractivity contribution in [3.8, 4) is 0 Å². The molecule has 1 aliphatic heterocycles. The van der Waals surface area contributed by atoms with Crippen molar-refractivity contribution in [2.24, 2.45) is 0 Å². The number of thiocarbonyl (C=S) groups is 1. The highest BCUT2D eigenvalue weighted by molar-refractivity contribution is 8.00. The first-order valence-electron chi connectivity index (χ1n) is 8.79. The SMILES string of the molecule is O=[N+]([O-])c1ccc([C@H]2Sc3ccccc3NC3=C2C(=S)c2ccccc23)cc1. The van der Waals surface area contributed by atoms with Gasteiger partial charge in [0.15, 0.2) is 0 Å². The molecule has 0 saturated carbocycles. The standard InChI is InChI=1S/C22H14N2O2S2/c25-24(26)14-11-9-13(10-12-14)22-19-20(15-5-1-2-6-16(15)21(19)27)23-17-7-3-4-8-18(17)28-22/h1-12,22-23H/t22-/m1/s1. The second-order valence-electron chi connectivity index (χ2n) is 6.63. The van der Waals surface area contributed by atoms with E-state index < -0.39 is 0 Å². The molecule has 6 heteroatoms. The maximum absolute atomic E-state index is 11.1. The Morgan fingerprint density at radius 3 is 2.36 bits per heavy atom. The first kappa shape index (κ1) is 17.2. The van der Waals surface area contributed by atoms with E-state index >= 15 is 0 Å². The number of thioether (sulfide) groups is 1. The lowest BCUT2D eigenvalue weighted by Crippen LogP contribution is -2.06. The molecule has 0 radical (unpaired) electrons. The van der Waals surface area contributed by atoms with Crippen LogP contribution in [0.2, 0.25) is 0 Å². The van der Waals surface area contributed by atoms with Gasteiger partial charge in [-0.25, -0.2) is 0 Å². The van der Waals surface area contributed by atoms with Crippen LogP contribution in [0.4, 0.5) is 11.4 Å². The Bertz CT molecular complexity index is 1170. The van der Waals surface area contributed by atoms with Crippen molar-refractivity contribution >= 4 is 45.9 Å². The van der Waals surface area contributed by atoms with Gasteiger partial charge in [-0.05, 0) is 17.7 Å². The number of anilines is 1. The second kappa shape index (κ2) is 6.58. The quantitative estimate of drug-likeness (QED) is 0.324. The van der Waals surface area contributed by atoms with Gasteiger partial charge in [0, 0.05) is 33.7 Å². The molecule has 1 heterocycles. The summed E-state index contributed by atoms with van der Waals surface area (Å²) in [7, 11) is 0. The summed E-state index contributed by atoms with van der Waals surface area (Å²) >= 11 is 7.59. The van der Waals surface area contributed by atoms with Crippen LogP contribution in [0.15, 0.2) is 83.3 Å². The summed E-state index contributed by atoms with van der Waals surface area (Å²) in [5.41, 5.74) is 6.38. The van der Waals surface area contributed by atoms with Crippen LogP contribution in [0.1, 0.15) is 21.9 Å². The van der Waals surface area contributed by atoms with Crippen molar-refractivity contribution in [1.29, 1.82) is 0 Å². The van der Waals surface area contributed by atoms with Gasteiger partial charge in [0.05, 0.1) is 26.4 Å². The van der Waals surface area contributed by atoms with Crippen LogP contribution < -0.4 is 5.32 Å². The fraction of sp³-hybridized carbons (Fsp3) is 0.0455. The molecular weight excluding hydrogens is 388 g/mol. The molecule has 0 fully saturated rings. The van der Waals surface area contributed by atoms with E-state index in [1.54, 1.807) is 23.9 Å². The van der Waals surface area contributed by atoms with Crippen LogP contribution in [-0.4, -0.2) is 9.79 Å². The summed E-state index contributed by atoms with van der Waals surface area (Å²) < 4.78 is 0. The van der Waals surface area contributed by atoms with Crippen LogP contribution in [0, 0.1) is 10.1 Å². The minimum Gasteiger partial charge on any atom is -0.354 e. The Hall–Kier alpha value is -2.96. The lowest BCUT2D eigenvalue weighted by atomic mass is 10.0. The van der Waals surface area contributed by atoms with Crippen molar-refractivity contribution in [2.75, 3.05) is 5.32 Å². The number of benzene rings is 3. The topological polar surface area (TPSA) is 55.2 Å². The largest absolute Gasteiger partial charge is 0.354 e. The third kappa shape index (κ3) is 2.65. The van der Waals surface area contributed by atoms with Gasteiger partial charge >= 0.3 is 0 Å². The average Bonchev–Trinajstić information content (AvgIpc) is 2.89. The summed E-state index contributed by atoms with van der Waals surface area (Å²) in [4.78, 5) is 12.6. The second-order valence-corrected chi connectivity index (χ2v) is 8.19. The zero-order valence-electron chi connectivity index (χ0n) is 14.6. The number of hydrogen-bond donors (Lipinski definition) is 1. The first-order chi connectivity index (χ1) is 13.6. The molecule has 0 aromatic heterocycles. The predicted octanol–water partition coefficient (Wildman–Crippen LogP) is 6.00. The van der Waals surface area contributed by atoms with Gasteiger partial charge < -0.3 is 5.32 Å². The summed E-state index contributed by atoms with van der Waals surface area (Å²) in [6.45, 7) is 0. The smallest absolute Gasteiger partial charge is 0.269 e. The van der Waals surface area contributed by atoms with E-state index in [1.165, 1.54) is 0 Å². The van der Waals surface area contributed by atoms with Crippen LogP contribution in [0.5, 0.6) is 0 Å². The Balaban J connectivity index is 1.70. The molecule has 0 spiro atoms. The molecule has 1 atom stereocenters. The molecule has 0 bridgehead atoms. The Morgan fingerprint density at radius 2 is 1.61 bits per heavy atom. The Labute approximate surface area is 171 Å². The summed E-state index contributed by atoms with van der Waals surface area (Å²) in [6.07, 6.45) is 0. The lowest BCUT2D eigenvalue weighted by molar-refractivity contribution is -0.384. The number of nitrogens with one attached hydrogen (secondary N) is 1. The third-order valence-electron chi connectivity index (χ3n) is 5.02. The van der Waals surface area contributed by atoms with Crippen molar-refractivity contribution < 1.29 is 4.92 Å². The number of nitrogens with zero attached hydrogens (tertiary/aromatic N) is 1. The Kier molecular flexibility index (Phi) is 4.03. The maximum atomic E-state index is 11.1. The molecule has 28 heavy (non-hydrogen) atoms. The minimum atomic E-state index is -0.373. The lowest BCUT2D eigenvalue weighted by Gasteiger charge is -2.18.